The maximum absolute atomic E-state index is 13.1. The fourth-order valence-electron chi connectivity index (χ4n) is 3.41. The monoisotopic (exact) mass is 511 g/mol. The Labute approximate surface area is 197 Å². The van der Waals surface area contributed by atoms with Gasteiger partial charge in [-0.2, -0.15) is 8.78 Å². The van der Waals surface area contributed by atoms with Crippen LogP contribution in [0.25, 0.3) is 6.08 Å². The fraction of sp³-hybridized carbons (Fsp3) is 0.286. The number of thioether (sulfide) groups is 1. The molecule has 13 heteroatoms. The predicted molar refractivity (Wildman–Crippen MR) is 122 cm³/mol. The standard InChI is InChI=1S/C21H19F2N3O6S2/c22-20(23)32-15-5-3-14(4-6-15)26-19(28)17(10-16-2-1-8-31-16)25-21(26)33-11-18(27)24-13-7-9-34(29,30)12-13/h1-6,8,10,13,20H,7,9,11-12H2,(H,24,27). The van der Waals surface area contributed by atoms with Crippen molar-refractivity contribution in [2.75, 3.05) is 22.2 Å². The van der Waals surface area contributed by atoms with E-state index in [1.807, 2.05) is 0 Å². The molecule has 1 atom stereocenters. The molecule has 1 aromatic heterocycles. The van der Waals surface area contributed by atoms with E-state index in [1.165, 1.54) is 41.5 Å². The van der Waals surface area contributed by atoms with Crippen LogP contribution in [0.3, 0.4) is 0 Å². The van der Waals surface area contributed by atoms with Crippen molar-refractivity contribution in [3.05, 3.63) is 54.1 Å². The molecule has 0 bridgehead atoms. The van der Waals surface area contributed by atoms with Crippen LogP contribution in [0, 0.1) is 0 Å². The van der Waals surface area contributed by atoms with Crippen LogP contribution < -0.4 is 15.0 Å². The molecule has 9 nitrogen and oxygen atoms in total. The molecule has 0 saturated carbocycles. The Hall–Kier alpha value is -3.19. The van der Waals surface area contributed by atoms with Gasteiger partial charge in [0.25, 0.3) is 5.91 Å². The number of amidine groups is 1. The van der Waals surface area contributed by atoms with Crippen molar-refractivity contribution in [2.45, 2.75) is 19.1 Å². The summed E-state index contributed by atoms with van der Waals surface area (Å²) in [5.41, 5.74) is 0.399. The maximum Gasteiger partial charge on any atom is 0.387 e. The molecule has 4 rings (SSSR count). The highest BCUT2D eigenvalue weighted by Gasteiger charge is 2.33. The SMILES string of the molecule is O=C(CSC1=NC(=Cc2ccco2)C(=O)N1c1ccc(OC(F)F)cc1)NC1CCS(=O)(=O)C1. The van der Waals surface area contributed by atoms with Gasteiger partial charge in [0.15, 0.2) is 15.0 Å². The van der Waals surface area contributed by atoms with Gasteiger partial charge in [0.2, 0.25) is 5.91 Å². The number of aliphatic imine (C=N–C) groups is 1. The molecule has 0 aliphatic carbocycles. The number of ether oxygens (including phenoxy) is 1. The molecule has 1 unspecified atom stereocenters. The minimum Gasteiger partial charge on any atom is -0.465 e. The second-order valence-corrected chi connectivity index (χ2v) is 10.6. The zero-order valence-corrected chi connectivity index (χ0v) is 19.2. The number of sulfone groups is 1. The average molecular weight is 512 g/mol. The van der Waals surface area contributed by atoms with Gasteiger partial charge < -0.3 is 14.5 Å². The number of amides is 2. The number of furan rings is 1. The van der Waals surface area contributed by atoms with Crippen LogP contribution in [0.15, 0.2) is 57.8 Å². The van der Waals surface area contributed by atoms with Crippen molar-refractivity contribution >= 4 is 50.3 Å². The molecule has 2 aliphatic rings. The summed E-state index contributed by atoms with van der Waals surface area (Å²) in [5.74, 6) is -0.743. The van der Waals surface area contributed by atoms with Crippen LogP contribution in [0.5, 0.6) is 5.75 Å². The summed E-state index contributed by atoms with van der Waals surface area (Å²) in [6, 6.07) is 8.27. The molecule has 1 fully saturated rings. The van der Waals surface area contributed by atoms with E-state index in [2.05, 4.69) is 15.0 Å². The van der Waals surface area contributed by atoms with Crippen LogP contribution in [0.2, 0.25) is 0 Å². The van der Waals surface area contributed by atoms with E-state index >= 15 is 0 Å². The highest BCUT2D eigenvalue weighted by Crippen LogP contribution is 2.31. The lowest BCUT2D eigenvalue weighted by Crippen LogP contribution is -2.37. The number of benzene rings is 1. The molecular formula is C21H19F2N3O6S2. The van der Waals surface area contributed by atoms with Crippen LogP contribution in [0.1, 0.15) is 12.2 Å². The highest BCUT2D eigenvalue weighted by molar-refractivity contribution is 8.14. The van der Waals surface area contributed by atoms with E-state index in [1.54, 1.807) is 12.1 Å². The summed E-state index contributed by atoms with van der Waals surface area (Å²) in [6.45, 7) is -2.98. The average Bonchev–Trinajstić information content (AvgIpc) is 3.47. The van der Waals surface area contributed by atoms with Crippen LogP contribution >= 0.6 is 11.8 Å². The number of alkyl halides is 2. The number of carbonyl (C=O) groups is 2. The van der Waals surface area contributed by atoms with Crippen molar-refractivity contribution in [1.29, 1.82) is 0 Å². The summed E-state index contributed by atoms with van der Waals surface area (Å²) < 4.78 is 57.7. The number of hydrogen-bond acceptors (Lipinski definition) is 8. The minimum absolute atomic E-state index is 0.0340. The Bertz CT molecular complexity index is 1230. The Kier molecular flexibility index (Phi) is 7.03. The normalized spacial score (nSPS) is 20.7. The zero-order chi connectivity index (χ0) is 24.3. The zero-order valence-electron chi connectivity index (χ0n) is 17.5. The minimum atomic E-state index is -3.14. The van der Waals surface area contributed by atoms with Crippen LogP contribution in [-0.2, 0) is 19.4 Å². The van der Waals surface area contributed by atoms with Gasteiger partial charge >= 0.3 is 6.61 Å². The highest BCUT2D eigenvalue weighted by atomic mass is 32.2. The van der Waals surface area contributed by atoms with E-state index in [0.29, 0.717) is 17.9 Å². The molecular weight excluding hydrogens is 492 g/mol. The van der Waals surface area contributed by atoms with Gasteiger partial charge in [0.1, 0.15) is 17.2 Å². The third-order valence-corrected chi connectivity index (χ3v) is 7.61. The van der Waals surface area contributed by atoms with Gasteiger partial charge in [-0.1, -0.05) is 11.8 Å². The molecule has 1 saturated heterocycles. The molecule has 3 heterocycles. The van der Waals surface area contributed by atoms with Crippen LogP contribution in [-0.4, -0.2) is 55.3 Å². The van der Waals surface area contributed by atoms with E-state index in [0.717, 1.165) is 11.8 Å². The third kappa shape index (κ3) is 5.83. The maximum atomic E-state index is 13.1. The predicted octanol–water partition coefficient (Wildman–Crippen LogP) is 2.66. The summed E-state index contributed by atoms with van der Waals surface area (Å²) in [5, 5.41) is 2.88. The largest absolute Gasteiger partial charge is 0.465 e. The number of nitrogens with zero attached hydrogens (tertiary/aromatic N) is 2. The number of nitrogens with one attached hydrogen (secondary N) is 1. The van der Waals surface area contributed by atoms with E-state index in [4.69, 9.17) is 4.42 Å². The van der Waals surface area contributed by atoms with Crippen molar-refractivity contribution in [1.82, 2.24) is 5.32 Å². The van der Waals surface area contributed by atoms with E-state index in [9.17, 15) is 26.8 Å². The van der Waals surface area contributed by atoms with Gasteiger partial charge in [0.05, 0.1) is 29.2 Å². The van der Waals surface area contributed by atoms with Crippen molar-refractivity contribution in [2.24, 2.45) is 4.99 Å². The summed E-state index contributed by atoms with van der Waals surface area (Å²) in [6.07, 6.45) is 3.24. The Morgan fingerprint density at radius 2 is 2.09 bits per heavy atom. The van der Waals surface area contributed by atoms with Gasteiger partial charge in [-0.05, 0) is 42.8 Å². The van der Waals surface area contributed by atoms with Gasteiger partial charge in [-0.15, -0.1) is 0 Å². The van der Waals surface area contributed by atoms with Gasteiger partial charge in [-0.3, -0.25) is 14.5 Å². The first-order valence-electron chi connectivity index (χ1n) is 10.1. The van der Waals surface area contributed by atoms with Crippen LogP contribution in [0.4, 0.5) is 14.5 Å². The fourth-order valence-corrected chi connectivity index (χ4v) is 5.91. The lowest BCUT2D eigenvalue weighted by Gasteiger charge is -2.18. The van der Waals surface area contributed by atoms with Crippen molar-refractivity contribution < 1.29 is 35.9 Å². The Morgan fingerprint density at radius 3 is 2.71 bits per heavy atom. The lowest BCUT2D eigenvalue weighted by atomic mass is 10.2. The molecule has 1 N–H and O–H groups in total. The van der Waals surface area contributed by atoms with Gasteiger partial charge in [0, 0.05) is 12.1 Å². The van der Waals surface area contributed by atoms with Crippen molar-refractivity contribution in [3.8, 4) is 5.75 Å². The Morgan fingerprint density at radius 1 is 1.32 bits per heavy atom. The number of halogens is 2. The number of hydrogen-bond donors (Lipinski definition) is 1. The van der Waals surface area contributed by atoms with Crippen molar-refractivity contribution in [3.63, 3.8) is 0 Å². The number of carbonyl (C=O) groups excluding carboxylic acids is 2. The second-order valence-electron chi connectivity index (χ2n) is 7.41. The molecule has 0 spiro atoms. The van der Waals surface area contributed by atoms with E-state index < -0.39 is 34.3 Å². The van der Waals surface area contributed by atoms with E-state index in [-0.39, 0.29) is 33.9 Å². The Balaban J connectivity index is 1.51. The molecule has 180 valence electrons. The molecule has 1 aromatic carbocycles. The first kappa shape index (κ1) is 24.0. The quantitative estimate of drug-likeness (QED) is 0.568. The molecule has 34 heavy (non-hydrogen) atoms. The lowest BCUT2D eigenvalue weighted by molar-refractivity contribution is -0.119. The molecule has 2 aliphatic heterocycles. The first-order chi connectivity index (χ1) is 16.2. The number of anilines is 1. The van der Waals surface area contributed by atoms with Gasteiger partial charge in [-0.25, -0.2) is 13.4 Å². The number of rotatable bonds is 7. The topological polar surface area (TPSA) is 118 Å². The molecule has 0 radical (unpaired) electrons. The summed E-state index contributed by atoms with van der Waals surface area (Å²) in [7, 11) is -3.14. The smallest absolute Gasteiger partial charge is 0.387 e. The second kappa shape index (κ2) is 9.97. The summed E-state index contributed by atoms with van der Waals surface area (Å²) >= 11 is 0.984. The molecule has 2 amide bonds. The third-order valence-electron chi connectivity index (χ3n) is 4.90. The first-order valence-corrected chi connectivity index (χ1v) is 12.9. The molecule has 2 aromatic rings. The summed E-state index contributed by atoms with van der Waals surface area (Å²) in [4.78, 5) is 31.0.